The topological polar surface area (TPSA) is 39.4 Å². The van der Waals surface area contributed by atoms with E-state index < -0.39 is 17.7 Å². The zero-order chi connectivity index (χ0) is 10.8. The fraction of sp³-hybridized carbons (Fsp3) is 0.444. The van der Waals surface area contributed by atoms with E-state index in [1.165, 1.54) is 19.9 Å². The second-order valence-corrected chi connectivity index (χ2v) is 2.71. The van der Waals surface area contributed by atoms with Gasteiger partial charge in [0.15, 0.2) is 5.76 Å². The van der Waals surface area contributed by atoms with Gasteiger partial charge in [0, 0.05) is 0 Å². The number of halogens is 2. The van der Waals surface area contributed by atoms with Crippen LogP contribution in [-0.4, -0.2) is 12.6 Å². The van der Waals surface area contributed by atoms with Gasteiger partial charge in [-0.1, -0.05) is 0 Å². The molecule has 0 atom stereocenters. The summed E-state index contributed by atoms with van der Waals surface area (Å²) in [6.07, 6.45) is 0. The minimum atomic E-state index is -3.70. The third-order valence-electron chi connectivity index (χ3n) is 1.58. The van der Waals surface area contributed by atoms with Crippen molar-refractivity contribution in [3.8, 4) is 0 Å². The predicted octanol–water partition coefficient (Wildman–Crippen LogP) is 2.24. The van der Waals surface area contributed by atoms with Crippen LogP contribution in [0.2, 0.25) is 0 Å². The molecule has 0 saturated heterocycles. The quantitative estimate of drug-likeness (QED) is 0.709. The van der Waals surface area contributed by atoms with Crippen molar-refractivity contribution in [3.63, 3.8) is 0 Å². The van der Waals surface area contributed by atoms with Gasteiger partial charge in [-0.05, 0) is 26.0 Å². The molecule has 0 aromatic carbocycles. The van der Waals surface area contributed by atoms with E-state index >= 15 is 0 Å². The highest BCUT2D eigenvalue weighted by Crippen LogP contribution is 2.30. The molecule has 3 nitrogen and oxygen atoms in total. The number of aryl methyl sites for hydroxylation is 1. The number of hydrogen-bond acceptors (Lipinski definition) is 3. The molecule has 0 amide bonds. The number of esters is 1. The third-order valence-corrected chi connectivity index (χ3v) is 1.58. The molecule has 0 N–H and O–H groups in total. The molecule has 5 heteroatoms. The van der Waals surface area contributed by atoms with Gasteiger partial charge in [0.05, 0.1) is 6.61 Å². The summed E-state index contributed by atoms with van der Waals surface area (Å²) >= 11 is 0. The minimum absolute atomic E-state index is 0.0892. The first kappa shape index (κ1) is 10.7. The number of furan rings is 1. The zero-order valence-electron chi connectivity index (χ0n) is 7.84. The Bertz CT molecular complexity index is 331. The van der Waals surface area contributed by atoms with Gasteiger partial charge < -0.3 is 9.15 Å². The molecule has 1 aromatic rings. The van der Waals surface area contributed by atoms with Crippen LogP contribution in [0.3, 0.4) is 0 Å². The number of alkyl halides is 2. The second-order valence-electron chi connectivity index (χ2n) is 2.71. The normalized spacial score (nSPS) is 11.4. The van der Waals surface area contributed by atoms with Crippen LogP contribution >= 0.6 is 0 Å². The van der Waals surface area contributed by atoms with Gasteiger partial charge in [0.2, 0.25) is 0 Å². The van der Waals surface area contributed by atoms with Gasteiger partial charge in [-0.15, -0.1) is 0 Å². The molecule has 0 bridgehead atoms. The summed E-state index contributed by atoms with van der Waals surface area (Å²) in [4.78, 5) is 10.8. The number of carbonyl (C=O) groups excluding carboxylic acids is 1. The summed E-state index contributed by atoms with van der Waals surface area (Å²) in [5, 5.41) is 0. The van der Waals surface area contributed by atoms with E-state index in [4.69, 9.17) is 0 Å². The smallest absolute Gasteiger partial charge is 0.399 e. The average molecular weight is 204 g/mol. The van der Waals surface area contributed by atoms with Crippen LogP contribution in [0.5, 0.6) is 0 Å². The van der Waals surface area contributed by atoms with E-state index in [0.717, 1.165) is 6.07 Å². The largest absolute Gasteiger partial charge is 0.461 e. The molecule has 78 valence electrons. The molecule has 0 spiro atoms. The summed E-state index contributed by atoms with van der Waals surface area (Å²) in [7, 11) is 0. The lowest BCUT2D eigenvalue weighted by atomic mass is 10.2. The molecule has 14 heavy (non-hydrogen) atoms. The Morgan fingerprint density at radius 1 is 1.57 bits per heavy atom. The number of rotatable bonds is 3. The first-order valence-electron chi connectivity index (χ1n) is 4.10. The predicted molar refractivity (Wildman–Crippen MR) is 44.0 cm³/mol. The van der Waals surface area contributed by atoms with Crippen molar-refractivity contribution in [1.82, 2.24) is 0 Å². The lowest BCUT2D eigenvalue weighted by molar-refractivity contribution is -0.175. The molecule has 0 aliphatic carbocycles. The lowest BCUT2D eigenvalue weighted by Gasteiger charge is -2.11. The van der Waals surface area contributed by atoms with Crippen LogP contribution in [-0.2, 0) is 15.5 Å². The molecule has 0 saturated carbocycles. The summed E-state index contributed by atoms with van der Waals surface area (Å²) in [5.74, 6) is -5.66. The fourth-order valence-electron chi connectivity index (χ4n) is 0.926. The van der Waals surface area contributed by atoms with Crippen molar-refractivity contribution < 1.29 is 22.7 Å². The van der Waals surface area contributed by atoms with Crippen molar-refractivity contribution in [1.29, 1.82) is 0 Å². The molecular formula is C9H10F2O3. The lowest BCUT2D eigenvalue weighted by Crippen LogP contribution is -2.27. The highest BCUT2D eigenvalue weighted by Gasteiger charge is 2.45. The van der Waals surface area contributed by atoms with E-state index in [9.17, 15) is 13.6 Å². The van der Waals surface area contributed by atoms with Gasteiger partial charge in [0.1, 0.15) is 5.76 Å². The van der Waals surface area contributed by atoms with Crippen molar-refractivity contribution in [2.24, 2.45) is 0 Å². The Hall–Kier alpha value is -1.39. The first-order valence-corrected chi connectivity index (χ1v) is 4.10. The van der Waals surface area contributed by atoms with E-state index in [0.29, 0.717) is 5.76 Å². The monoisotopic (exact) mass is 204 g/mol. The van der Waals surface area contributed by atoms with Gasteiger partial charge in [-0.3, -0.25) is 0 Å². The standard InChI is InChI=1S/C9H10F2O3/c1-3-13-8(12)9(10,11)7-5-4-6(2)14-7/h4-5H,3H2,1-2H3. The van der Waals surface area contributed by atoms with Crippen molar-refractivity contribution in [3.05, 3.63) is 23.7 Å². The van der Waals surface area contributed by atoms with Gasteiger partial charge >= 0.3 is 11.9 Å². The Kier molecular flexibility index (Phi) is 2.88. The van der Waals surface area contributed by atoms with Crippen LogP contribution in [0, 0.1) is 6.92 Å². The van der Waals surface area contributed by atoms with Crippen LogP contribution in [0.15, 0.2) is 16.5 Å². The number of carbonyl (C=O) groups is 1. The van der Waals surface area contributed by atoms with Gasteiger partial charge in [-0.2, -0.15) is 8.78 Å². The maximum Gasteiger partial charge on any atom is 0.399 e. The first-order chi connectivity index (χ1) is 6.48. The van der Waals surface area contributed by atoms with Gasteiger partial charge in [0.25, 0.3) is 0 Å². The molecule has 1 rings (SSSR count). The summed E-state index contributed by atoms with van der Waals surface area (Å²) in [5.41, 5.74) is 0. The Morgan fingerprint density at radius 2 is 2.21 bits per heavy atom. The molecule has 1 heterocycles. The summed E-state index contributed by atoms with van der Waals surface area (Å²) in [6, 6.07) is 2.43. The van der Waals surface area contributed by atoms with Crippen LogP contribution in [0.25, 0.3) is 0 Å². The Labute approximate surface area is 79.7 Å². The second kappa shape index (κ2) is 3.77. The van der Waals surface area contributed by atoms with Crippen molar-refractivity contribution in [2.45, 2.75) is 19.8 Å². The summed E-state index contributed by atoms with van der Waals surface area (Å²) in [6.45, 7) is 2.89. The van der Waals surface area contributed by atoms with Crippen LogP contribution in [0.4, 0.5) is 8.78 Å². The van der Waals surface area contributed by atoms with Crippen LogP contribution < -0.4 is 0 Å². The molecule has 0 aliphatic rings. The van der Waals surface area contributed by atoms with E-state index in [2.05, 4.69) is 9.15 Å². The Balaban J connectivity index is 2.89. The molecule has 0 radical (unpaired) electrons. The maximum absolute atomic E-state index is 13.2. The highest BCUT2D eigenvalue weighted by atomic mass is 19.3. The third kappa shape index (κ3) is 1.92. The highest BCUT2D eigenvalue weighted by molar-refractivity contribution is 5.78. The van der Waals surface area contributed by atoms with Crippen LogP contribution in [0.1, 0.15) is 18.4 Å². The van der Waals surface area contributed by atoms with E-state index in [1.807, 2.05) is 0 Å². The minimum Gasteiger partial charge on any atom is -0.461 e. The number of ether oxygens (including phenoxy) is 1. The average Bonchev–Trinajstić information content (AvgIpc) is 2.52. The van der Waals surface area contributed by atoms with E-state index in [-0.39, 0.29) is 6.61 Å². The summed E-state index contributed by atoms with van der Waals surface area (Å²) < 4.78 is 35.2. The molecule has 0 fully saturated rings. The molecule has 0 aliphatic heterocycles. The number of hydrogen-bond donors (Lipinski definition) is 0. The van der Waals surface area contributed by atoms with Crippen molar-refractivity contribution >= 4 is 5.97 Å². The van der Waals surface area contributed by atoms with Gasteiger partial charge in [-0.25, -0.2) is 4.79 Å². The molecule has 0 unspecified atom stereocenters. The molecular weight excluding hydrogens is 194 g/mol. The Morgan fingerprint density at radius 3 is 2.64 bits per heavy atom. The zero-order valence-corrected chi connectivity index (χ0v) is 7.84. The van der Waals surface area contributed by atoms with E-state index in [1.54, 1.807) is 0 Å². The SMILES string of the molecule is CCOC(=O)C(F)(F)c1ccc(C)o1. The maximum atomic E-state index is 13.2. The fourth-order valence-corrected chi connectivity index (χ4v) is 0.926. The molecule has 1 aromatic heterocycles. The van der Waals surface area contributed by atoms with Crippen molar-refractivity contribution in [2.75, 3.05) is 6.61 Å².